The van der Waals surface area contributed by atoms with Crippen molar-refractivity contribution in [3.05, 3.63) is 72.1 Å². The van der Waals surface area contributed by atoms with Crippen LogP contribution in [0.15, 0.2) is 60.9 Å². The van der Waals surface area contributed by atoms with Crippen molar-refractivity contribution in [2.24, 2.45) is 0 Å². The van der Waals surface area contributed by atoms with E-state index in [0.717, 1.165) is 48.3 Å². The first-order valence-corrected chi connectivity index (χ1v) is 12.7. The van der Waals surface area contributed by atoms with Gasteiger partial charge in [0.2, 0.25) is 5.65 Å². The van der Waals surface area contributed by atoms with Gasteiger partial charge in [-0.1, -0.05) is 42.0 Å². The van der Waals surface area contributed by atoms with Crippen LogP contribution < -0.4 is 4.74 Å². The summed E-state index contributed by atoms with van der Waals surface area (Å²) in [6.45, 7) is 9.44. The highest BCUT2D eigenvalue weighted by Crippen LogP contribution is 2.37. The monoisotopic (exact) mass is 511 g/mol. The maximum atomic E-state index is 11.4. The molecule has 3 heterocycles. The van der Waals surface area contributed by atoms with E-state index in [2.05, 4.69) is 47.5 Å². The van der Waals surface area contributed by atoms with Crippen LogP contribution in [0.4, 0.5) is 4.79 Å². The Morgan fingerprint density at radius 2 is 1.63 bits per heavy atom. The molecular formula is C30H33N5O3. The van der Waals surface area contributed by atoms with Gasteiger partial charge in [-0.3, -0.25) is 4.40 Å². The van der Waals surface area contributed by atoms with E-state index in [1.807, 2.05) is 55.5 Å². The lowest BCUT2D eigenvalue weighted by Crippen LogP contribution is -2.34. The average molecular weight is 512 g/mol. The van der Waals surface area contributed by atoms with E-state index in [1.165, 1.54) is 5.56 Å². The van der Waals surface area contributed by atoms with Gasteiger partial charge in [0.1, 0.15) is 11.9 Å². The number of fused-ring (bicyclic) bond motifs is 1. The Kier molecular flexibility index (Phi) is 7.96. The highest BCUT2D eigenvalue weighted by Gasteiger charge is 2.24. The predicted octanol–water partition coefficient (Wildman–Crippen LogP) is 6.27. The lowest BCUT2D eigenvalue weighted by Gasteiger charge is -2.23. The highest BCUT2D eigenvalue weighted by molar-refractivity contribution is 5.85. The number of pyridine rings is 1. The molecule has 0 spiro atoms. The summed E-state index contributed by atoms with van der Waals surface area (Å²) in [6.07, 6.45) is 3.75. The zero-order valence-corrected chi connectivity index (χ0v) is 22.6. The van der Waals surface area contributed by atoms with Gasteiger partial charge in [0, 0.05) is 18.7 Å². The van der Waals surface area contributed by atoms with Crippen LogP contribution in [-0.2, 0) is 4.74 Å². The summed E-state index contributed by atoms with van der Waals surface area (Å²) in [7, 11) is 1.62. The Morgan fingerprint density at radius 1 is 1.00 bits per heavy atom. The molecule has 0 aliphatic carbocycles. The van der Waals surface area contributed by atoms with E-state index < -0.39 is 0 Å². The first-order chi connectivity index (χ1) is 18.2. The number of hydrogen-bond donors (Lipinski definition) is 0. The average Bonchev–Trinajstić information content (AvgIpc) is 3.61. The van der Waals surface area contributed by atoms with Crippen LogP contribution in [0.5, 0.6) is 5.75 Å². The molecule has 1 aliphatic heterocycles. The molecule has 0 bridgehead atoms. The molecule has 1 aliphatic rings. The number of likely N-dealkylation sites (tertiary alicyclic amines) is 1. The van der Waals surface area contributed by atoms with Crippen LogP contribution in [0.3, 0.4) is 0 Å². The molecule has 1 fully saturated rings. The molecule has 196 valence electrons. The van der Waals surface area contributed by atoms with Gasteiger partial charge >= 0.3 is 6.09 Å². The molecular weight excluding hydrogens is 478 g/mol. The summed E-state index contributed by atoms with van der Waals surface area (Å²) in [5.74, 6) is 0.651. The predicted molar refractivity (Wildman–Crippen MR) is 147 cm³/mol. The summed E-state index contributed by atoms with van der Waals surface area (Å²) < 4.78 is 12.7. The minimum atomic E-state index is -0.361. The number of nitrogens with zero attached hydrogens (tertiary/aromatic N) is 5. The SMILES string of the molecule is CC(C)(C)OC(=O)N1CCCC1.COc1cc(-c2ccc(C#N)cc2)c(-c2ccc(C)cc2)n2cnnc12. The Labute approximate surface area is 223 Å². The molecule has 0 N–H and O–H groups in total. The quantitative estimate of drug-likeness (QED) is 0.322. The summed E-state index contributed by atoms with van der Waals surface area (Å²) in [5, 5.41) is 17.3. The smallest absolute Gasteiger partial charge is 0.410 e. The molecule has 2 aromatic heterocycles. The van der Waals surface area contributed by atoms with Gasteiger partial charge in [-0.15, -0.1) is 10.2 Å². The number of amides is 1. The van der Waals surface area contributed by atoms with Gasteiger partial charge in [0.25, 0.3) is 0 Å². The number of benzene rings is 2. The van der Waals surface area contributed by atoms with Gasteiger partial charge in [-0.2, -0.15) is 5.26 Å². The van der Waals surface area contributed by atoms with Crippen LogP contribution in [0, 0.1) is 18.3 Å². The number of rotatable bonds is 3. The van der Waals surface area contributed by atoms with Crippen molar-refractivity contribution in [1.29, 1.82) is 5.26 Å². The van der Waals surface area contributed by atoms with E-state index in [4.69, 9.17) is 14.7 Å². The second-order valence-electron chi connectivity index (χ2n) is 10.2. The molecule has 38 heavy (non-hydrogen) atoms. The third-order valence-corrected chi connectivity index (χ3v) is 6.17. The molecule has 2 aromatic carbocycles. The second-order valence-corrected chi connectivity index (χ2v) is 10.2. The fourth-order valence-corrected chi connectivity index (χ4v) is 4.29. The first kappa shape index (κ1) is 26.7. The summed E-state index contributed by atoms with van der Waals surface area (Å²) >= 11 is 0. The maximum Gasteiger partial charge on any atom is 0.410 e. The number of methoxy groups -OCH3 is 1. The van der Waals surface area contributed by atoms with Crippen LogP contribution >= 0.6 is 0 Å². The number of nitriles is 1. The number of carbonyl (C=O) groups is 1. The van der Waals surface area contributed by atoms with Crippen LogP contribution in [0.25, 0.3) is 28.0 Å². The molecule has 5 rings (SSSR count). The summed E-state index contributed by atoms with van der Waals surface area (Å²) in [5.41, 5.74) is 6.15. The van der Waals surface area contributed by atoms with Gasteiger partial charge < -0.3 is 14.4 Å². The Morgan fingerprint density at radius 3 is 2.21 bits per heavy atom. The molecule has 4 aromatic rings. The third kappa shape index (κ3) is 6.12. The number of aryl methyl sites for hydroxylation is 1. The van der Waals surface area contributed by atoms with Crippen molar-refractivity contribution in [3.8, 4) is 34.2 Å². The second kappa shape index (κ2) is 11.3. The van der Waals surface area contributed by atoms with Crippen molar-refractivity contribution in [2.45, 2.75) is 46.1 Å². The van der Waals surface area contributed by atoms with Crippen molar-refractivity contribution < 1.29 is 14.3 Å². The van der Waals surface area contributed by atoms with E-state index in [-0.39, 0.29) is 11.7 Å². The fourth-order valence-electron chi connectivity index (χ4n) is 4.29. The van der Waals surface area contributed by atoms with Crippen LogP contribution in [0.1, 0.15) is 44.7 Å². The topological polar surface area (TPSA) is 92.8 Å². The third-order valence-electron chi connectivity index (χ3n) is 6.17. The van der Waals surface area contributed by atoms with Gasteiger partial charge in [-0.05, 0) is 69.9 Å². The van der Waals surface area contributed by atoms with Crippen LogP contribution in [0.2, 0.25) is 0 Å². The fraction of sp³-hybridized carbons (Fsp3) is 0.333. The zero-order chi connectivity index (χ0) is 27.3. The van der Waals surface area contributed by atoms with Crippen LogP contribution in [-0.4, -0.2) is 51.4 Å². The Balaban J connectivity index is 0.000000236. The lowest BCUT2D eigenvalue weighted by molar-refractivity contribution is 0.0295. The Bertz CT molecular complexity index is 1440. The minimum Gasteiger partial charge on any atom is -0.493 e. The lowest BCUT2D eigenvalue weighted by atomic mass is 9.97. The molecule has 8 heteroatoms. The highest BCUT2D eigenvalue weighted by atomic mass is 16.6. The molecule has 0 unspecified atom stereocenters. The molecule has 8 nitrogen and oxygen atoms in total. The normalized spacial score (nSPS) is 13.0. The van der Waals surface area contributed by atoms with E-state index in [9.17, 15) is 4.79 Å². The van der Waals surface area contributed by atoms with E-state index in [1.54, 1.807) is 18.3 Å². The first-order valence-electron chi connectivity index (χ1n) is 12.7. The largest absolute Gasteiger partial charge is 0.493 e. The number of carbonyl (C=O) groups excluding carboxylic acids is 1. The van der Waals surface area contributed by atoms with Crippen molar-refractivity contribution >= 4 is 11.7 Å². The van der Waals surface area contributed by atoms with E-state index in [0.29, 0.717) is 17.0 Å². The van der Waals surface area contributed by atoms with Gasteiger partial charge in [0.05, 0.1) is 24.4 Å². The summed E-state index contributed by atoms with van der Waals surface area (Å²) in [6, 6.07) is 20.0. The van der Waals surface area contributed by atoms with Crippen molar-refractivity contribution in [2.75, 3.05) is 20.2 Å². The van der Waals surface area contributed by atoms with Crippen molar-refractivity contribution in [1.82, 2.24) is 19.5 Å². The number of ether oxygens (including phenoxy) is 2. The number of hydrogen-bond acceptors (Lipinski definition) is 6. The zero-order valence-electron chi connectivity index (χ0n) is 22.6. The van der Waals surface area contributed by atoms with E-state index >= 15 is 0 Å². The maximum absolute atomic E-state index is 11.4. The minimum absolute atomic E-state index is 0.167. The van der Waals surface area contributed by atoms with Gasteiger partial charge in [0.15, 0.2) is 5.75 Å². The van der Waals surface area contributed by atoms with Gasteiger partial charge in [-0.25, -0.2) is 4.79 Å². The summed E-state index contributed by atoms with van der Waals surface area (Å²) in [4.78, 5) is 13.1. The molecule has 0 saturated carbocycles. The molecule has 1 amide bonds. The molecule has 1 saturated heterocycles. The molecule has 0 atom stereocenters. The Hall–Kier alpha value is -4.38. The molecule has 0 radical (unpaired) electrons. The van der Waals surface area contributed by atoms with Crippen molar-refractivity contribution in [3.63, 3.8) is 0 Å². The number of aromatic nitrogens is 3. The standard InChI is InChI=1S/C21H16N4O.C9H17NO2/c1-14-3-7-17(8-4-14)20-18(16-9-5-15(12-22)6-10-16)11-19(26-2)21-24-23-13-25(20)21;1-9(2,3)12-8(11)10-6-4-5-7-10/h3-11,13H,1-2H3;4-7H2,1-3H3.